The fourth-order valence-electron chi connectivity index (χ4n) is 2.56. The Hall–Kier alpha value is -2.96. The summed E-state index contributed by atoms with van der Waals surface area (Å²) >= 11 is 0. The van der Waals surface area contributed by atoms with Crippen LogP contribution < -0.4 is 10.9 Å². The number of rotatable bonds is 4. The van der Waals surface area contributed by atoms with Gasteiger partial charge in [0.2, 0.25) is 5.91 Å². The fraction of sp³-hybridized carbons (Fsp3) is 0.250. The third-order valence-corrected chi connectivity index (χ3v) is 3.93. The smallest absolute Gasteiger partial charge is 0.261 e. The highest BCUT2D eigenvalue weighted by molar-refractivity contribution is 5.89. The number of amides is 1. The van der Waals surface area contributed by atoms with E-state index in [0.29, 0.717) is 22.6 Å². The molecule has 0 atom stereocenters. The Bertz CT molecular complexity index is 939. The number of nitrogens with one attached hydrogen (secondary N) is 2. The van der Waals surface area contributed by atoms with Gasteiger partial charge in [0.15, 0.2) is 5.82 Å². The molecule has 0 radical (unpaired) electrons. The van der Waals surface area contributed by atoms with Crippen molar-refractivity contribution in [2.24, 2.45) is 0 Å². The zero-order valence-corrected chi connectivity index (χ0v) is 12.3. The van der Waals surface area contributed by atoms with E-state index in [0.717, 1.165) is 18.5 Å². The number of aromatic nitrogens is 4. The molecule has 1 fully saturated rings. The number of benzene rings is 1. The van der Waals surface area contributed by atoms with Crippen molar-refractivity contribution in [1.29, 1.82) is 0 Å². The van der Waals surface area contributed by atoms with Gasteiger partial charge < -0.3 is 5.32 Å². The molecule has 0 aliphatic heterocycles. The normalized spacial score (nSPS) is 14.1. The van der Waals surface area contributed by atoms with Crippen LogP contribution in [0.1, 0.15) is 24.5 Å². The molecular weight excluding hydrogens is 294 g/mol. The van der Waals surface area contributed by atoms with Crippen LogP contribution in [-0.2, 0) is 11.3 Å². The third-order valence-electron chi connectivity index (χ3n) is 3.93. The third kappa shape index (κ3) is 2.73. The highest BCUT2D eigenvalue weighted by Crippen LogP contribution is 2.39. The van der Waals surface area contributed by atoms with E-state index in [1.165, 1.54) is 10.9 Å². The lowest BCUT2D eigenvalue weighted by Gasteiger charge is -2.06. The van der Waals surface area contributed by atoms with E-state index in [1.54, 1.807) is 18.2 Å². The SMILES string of the molecule is O=C(Cn1cnc2ccccc2c1=O)Nc1cc(C2CC2)[nH]n1. The van der Waals surface area contributed by atoms with Crippen molar-refractivity contribution in [1.82, 2.24) is 19.7 Å². The van der Waals surface area contributed by atoms with Crippen molar-refractivity contribution in [2.75, 3.05) is 5.32 Å². The monoisotopic (exact) mass is 309 g/mol. The molecular formula is C16H15N5O2. The molecule has 116 valence electrons. The molecule has 1 aliphatic carbocycles. The van der Waals surface area contributed by atoms with Crippen LogP contribution in [0.15, 0.2) is 41.5 Å². The minimum atomic E-state index is -0.307. The quantitative estimate of drug-likeness (QED) is 0.766. The van der Waals surface area contributed by atoms with E-state index in [2.05, 4.69) is 20.5 Å². The van der Waals surface area contributed by atoms with E-state index < -0.39 is 0 Å². The second-order valence-electron chi connectivity index (χ2n) is 5.73. The van der Waals surface area contributed by atoms with Gasteiger partial charge in [-0.2, -0.15) is 5.10 Å². The Morgan fingerprint density at radius 3 is 3.00 bits per heavy atom. The predicted octanol–water partition coefficient (Wildman–Crippen LogP) is 1.64. The average molecular weight is 309 g/mol. The molecule has 4 rings (SSSR count). The first-order valence-electron chi connectivity index (χ1n) is 7.50. The zero-order valence-electron chi connectivity index (χ0n) is 12.3. The van der Waals surface area contributed by atoms with E-state index in [4.69, 9.17) is 0 Å². The van der Waals surface area contributed by atoms with Crippen LogP contribution in [0.25, 0.3) is 10.9 Å². The van der Waals surface area contributed by atoms with Crippen LogP contribution in [0.2, 0.25) is 0 Å². The summed E-state index contributed by atoms with van der Waals surface area (Å²) in [5, 5.41) is 10.2. The van der Waals surface area contributed by atoms with Crippen LogP contribution in [0.3, 0.4) is 0 Å². The van der Waals surface area contributed by atoms with Gasteiger partial charge in [0.1, 0.15) is 6.54 Å². The highest BCUT2D eigenvalue weighted by Gasteiger charge is 2.25. The summed E-state index contributed by atoms with van der Waals surface area (Å²) in [6.45, 7) is -0.0950. The molecule has 23 heavy (non-hydrogen) atoms. The first-order chi connectivity index (χ1) is 11.2. The number of nitrogens with zero attached hydrogens (tertiary/aromatic N) is 3. The molecule has 0 spiro atoms. The molecule has 0 unspecified atom stereocenters. The Morgan fingerprint density at radius 2 is 2.17 bits per heavy atom. The largest absolute Gasteiger partial charge is 0.308 e. The van der Waals surface area contributed by atoms with Gasteiger partial charge in [-0.25, -0.2) is 4.98 Å². The van der Waals surface area contributed by atoms with Crippen LogP contribution in [-0.4, -0.2) is 25.7 Å². The predicted molar refractivity (Wildman–Crippen MR) is 85.2 cm³/mol. The molecule has 7 heteroatoms. The summed E-state index contributed by atoms with van der Waals surface area (Å²) in [5.74, 6) is 0.720. The van der Waals surface area contributed by atoms with Gasteiger partial charge in [0, 0.05) is 17.7 Å². The van der Waals surface area contributed by atoms with Crippen LogP contribution in [0, 0.1) is 0 Å². The van der Waals surface area contributed by atoms with Gasteiger partial charge in [-0.05, 0) is 25.0 Å². The zero-order chi connectivity index (χ0) is 15.8. The fourth-order valence-corrected chi connectivity index (χ4v) is 2.56. The van der Waals surface area contributed by atoms with Crippen LogP contribution in [0.4, 0.5) is 5.82 Å². The van der Waals surface area contributed by atoms with Crippen LogP contribution in [0.5, 0.6) is 0 Å². The summed E-state index contributed by atoms with van der Waals surface area (Å²) in [5.41, 5.74) is 1.44. The first kappa shape index (κ1) is 13.7. The van der Waals surface area contributed by atoms with Crippen molar-refractivity contribution in [3.05, 3.63) is 52.7 Å². The lowest BCUT2D eigenvalue weighted by atomic mass is 10.2. The minimum Gasteiger partial charge on any atom is -0.308 e. The minimum absolute atomic E-state index is 0.0950. The molecule has 2 heterocycles. The highest BCUT2D eigenvalue weighted by atomic mass is 16.2. The van der Waals surface area contributed by atoms with E-state index in [-0.39, 0.29) is 18.0 Å². The molecule has 7 nitrogen and oxygen atoms in total. The molecule has 2 N–H and O–H groups in total. The maximum atomic E-state index is 12.3. The number of hydrogen-bond donors (Lipinski definition) is 2. The molecule has 1 aliphatic rings. The van der Waals surface area contributed by atoms with Crippen molar-refractivity contribution in [2.45, 2.75) is 25.3 Å². The maximum absolute atomic E-state index is 12.3. The number of H-pyrrole nitrogens is 1. The average Bonchev–Trinajstić information content (AvgIpc) is 3.31. The van der Waals surface area contributed by atoms with Gasteiger partial charge in [-0.3, -0.25) is 19.3 Å². The van der Waals surface area contributed by atoms with Crippen molar-refractivity contribution >= 4 is 22.6 Å². The number of fused-ring (bicyclic) bond motifs is 1. The number of carbonyl (C=O) groups is 1. The lowest BCUT2D eigenvalue weighted by Crippen LogP contribution is -2.28. The standard InChI is InChI=1S/C16H15N5O2/c22-15(18-14-7-13(19-20-14)10-5-6-10)8-21-9-17-12-4-2-1-3-11(12)16(21)23/h1-4,7,9-10H,5-6,8H2,(H2,18,19,20,22). The Balaban J connectivity index is 1.51. The summed E-state index contributed by atoms with van der Waals surface area (Å²) in [4.78, 5) is 28.7. The summed E-state index contributed by atoms with van der Waals surface area (Å²) in [6.07, 6.45) is 3.71. The van der Waals surface area contributed by atoms with Gasteiger partial charge in [0.05, 0.1) is 17.2 Å². The van der Waals surface area contributed by atoms with E-state index in [9.17, 15) is 9.59 Å². The number of carbonyl (C=O) groups excluding carboxylic acids is 1. The summed E-state index contributed by atoms with van der Waals surface area (Å²) in [6, 6.07) is 8.91. The number of hydrogen-bond acceptors (Lipinski definition) is 4. The number of para-hydroxylation sites is 1. The van der Waals surface area contributed by atoms with E-state index >= 15 is 0 Å². The lowest BCUT2D eigenvalue weighted by molar-refractivity contribution is -0.116. The molecule has 2 aromatic heterocycles. The van der Waals surface area contributed by atoms with Crippen molar-refractivity contribution in [3.63, 3.8) is 0 Å². The molecule has 1 saturated carbocycles. The van der Waals surface area contributed by atoms with Crippen LogP contribution >= 0.6 is 0 Å². The van der Waals surface area contributed by atoms with Gasteiger partial charge in [-0.15, -0.1) is 0 Å². The maximum Gasteiger partial charge on any atom is 0.261 e. The summed E-state index contributed by atoms with van der Waals surface area (Å²) < 4.78 is 1.30. The Labute approximate surface area is 131 Å². The van der Waals surface area contributed by atoms with E-state index in [1.807, 2.05) is 12.1 Å². The Morgan fingerprint density at radius 1 is 1.35 bits per heavy atom. The topological polar surface area (TPSA) is 92.7 Å². The first-order valence-corrected chi connectivity index (χ1v) is 7.50. The molecule has 0 bridgehead atoms. The molecule has 1 aromatic carbocycles. The second-order valence-corrected chi connectivity index (χ2v) is 5.73. The Kier molecular flexibility index (Phi) is 3.18. The van der Waals surface area contributed by atoms with Gasteiger partial charge >= 0.3 is 0 Å². The van der Waals surface area contributed by atoms with Gasteiger partial charge in [0.25, 0.3) is 5.56 Å². The van der Waals surface area contributed by atoms with Crippen molar-refractivity contribution in [3.8, 4) is 0 Å². The van der Waals surface area contributed by atoms with Gasteiger partial charge in [-0.1, -0.05) is 12.1 Å². The summed E-state index contributed by atoms with van der Waals surface area (Å²) in [7, 11) is 0. The second kappa shape index (κ2) is 5.35. The number of anilines is 1. The molecule has 1 amide bonds. The number of aromatic amines is 1. The molecule has 3 aromatic rings. The molecule has 0 saturated heterocycles. The van der Waals surface area contributed by atoms with Crippen molar-refractivity contribution < 1.29 is 4.79 Å².